The lowest BCUT2D eigenvalue weighted by Crippen LogP contribution is -2.01. The van der Waals surface area contributed by atoms with Crippen LogP contribution in [0.2, 0.25) is 5.02 Å². The number of hydrogen-bond donors (Lipinski definition) is 0. The van der Waals surface area contributed by atoms with Crippen LogP contribution >= 0.6 is 34.5 Å². The van der Waals surface area contributed by atoms with Crippen molar-refractivity contribution in [1.82, 2.24) is 0 Å². The van der Waals surface area contributed by atoms with Crippen molar-refractivity contribution in [2.45, 2.75) is 0 Å². The molecule has 2 aromatic carbocycles. The number of hydrogen-bond acceptors (Lipinski definition) is 3. The van der Waals surface area contributed by atoms with Gasteiger partial charge < -0.3 is 0 Å². The summed E-state index contributed by atoms with van der Waals surface area (Å²) in [6.45, 7) is 0. The van der Waals surface area contributed by atoms with Gasteiger partial charge in [-0.3, -0.25) is 9.59 Å². The van der Waals surface area contributed by atoms with Gasteiger partial charge >= 0.3 is 0 Å². The molecule has 0 aliphatic heterocycles. The standard InChI is InChI=1S/C14H6Cl2O2S/c15-8-2-4-11-10(6-8)13(17)9-3-1-7(14(16)18)5-12(9)19-11/h1-6H. The second-order valence-electron chi connectivity index (χ2n) is 4.06. The van der Waals surface area contributed by atoms with Gasteiger partial charge in [0.05, 0.1) is 0 Å². The van der Waals surface area contributed by atoms with Crippen molar-refractivity contribution in [1.29, 1.82) is 0 Å². The number of halogens is 2. The molecule has 0 aliphatic carbocycles. The molecule has 0 spiro atoms. The summed E-state index contributed by atoms with van der Waals surface area (Å²) in [6.07, 6.45) is 0. The summed E-state index contributed by atoms with van der Waals surface area (Å²) in [7, 11) is 0. The van der Waals surface area contributed by atoms with E-state index in [9.17, 15) is 9.59 Å². The Bertz CT molecular complexity index is 884. The lowest BCUT2D eigenvalue weighted by atomic mass is 10.1. The van der Waals surface area contributed by atoms with E-state index in [4.69, 9.17) is 23.2 Å². The van der Waals surface area contributed by atoms with Crippen LogP contribution in [0.15, 0.2) is 41.2 Å². The Morgan fingerprint density at radius 1 is 1.00 bits per heavy atom. The van der Waals surface area contributed by atoms with Gasteiger partial charge in [-0.2, -0.15) is 0 Å². The molecule has 0 aliphatic rings. The van der Waals surface area contributed by atoms with Crippen LogP contribution in [0.3, 0.4) is 0 Å². The third-order valence-corrected chi connectivity index (χ3v) is 4.45. The van der Waals surface area contributed by atoms with Crippen molar-refractivity contribution in [3.05, 3.63) is 57.2 Å². The van der Waals surface area contributed by atoms with Crippen LogP contribution < -0.4 is 5.43 Å². The SMILES string of the molecule is O=C(Cl)c1ccc2c(=O)c3cc(Cl)ccc3sc2c1. The molecule has 0 saturated carbocycles. The van der Waals surface area contributed by atoms with Crippen molar-refractivity contribution >= 4 is 60.0 Å². The highest BCUT2D eigenvalue weighted by Crippen LogP contribution is 2.27. The van der Waals surface area contributed by atoms with Crippen molar-refractivity contribution in [2.24, 2.45) is 0 Å². The minimum Gasteiger partial charge on any atom is -0.289 e. The maximum absolute atomic E-state index is 12.4. The summed E-state index contributed by atoms with van der Waals surface area (Å²) in [5, 5.41) is 1.16. The van der Waals surface area contributed by atoms with Gasteiger partial charge in [-0.25, -0.2) is 0 Å². The van der Waals surface area contributed by atoms with Gasteiger partial charge in [-0.05, 0) is 48.0 Å². The summed E-state index contributed by atoms with van der Waals surface area (Å²) in [4.78, 5) is 23.5. The maximum atomic E-state index is 12.4. The van der Waals surface area contributed by atoms with E-state index in [-0.39, 0.29) is 5.43 Å². The zero-order valence-corrected chi connectivity index (χ0v) is 11.8. The van der Waals surface area contributed by atoms with E-state index in [2.05, 4.69) is 0 Å². The molecule has 0 unspecified atom stereocenters. The molecular weight excluding hydrogens is 303 g/mol. The van der Waals surface area contributed by atoms with E-state index in [1.165, 1.54) is 11.3 Å². The Morgan fingerprint density at radius 3 is 2.53 bits per heavy atom. The third-order valence-electron chi connectivity index (χ3n) is 2.86. The smallest absolute Gasteiger partial charge is 0.252 e. The number of rotatable bonds is 1. The molecule has 94 valence electrons. The zero-order valence-electron chi connectivity index (χ0n) is 9.44. The highest BCUT2D eigenvalue weighted by molar-refractivity contribution is 7.24. The molecule has 0 atom stereocenters. The first-order valence-electron chi connectivity index (χ1n) is 5.42. The average molecular weight is 309 g/mol. The molecule has 3 aromatic rings. The minimum atomic E-state index is -0.530. The van der Waals surface area contributed by atoms with Crippen LogP contribution in [-0.4, -0.2) is 5.24 Å². The third kappa shape index (κ3) is 2.14. The van der Waals surface area contributed by atoms with E-state index >= 15 is 0 Å². The predicted molar refractivity (Wildman–Crippen MR) is 80.8 cm³/mol. The van der Waals surface area contributed by atoms with Crippen LogP contribution in [0.5, 0.6) is 0 Å². The average Bonchev–Trinajstić information content (AvgIpc) is 2.39. The number of fused-ring (bicyclic) bond motifs is 2. The van der Waals surface area contributed by atoms with Crippen molar-refractivity contribution < 1.29 is 4.79 Å². The van der Waals surface area contributed by atoms with Crippen molar-refractivity contribution in [2.75, 3.05) is 0 Å². The van der Waals surface area contributed by atoms with E-state index < -0.39 is 5.24 Å². The summed E-state index contributed by atoms with van der Waals surface area (Å²) < 4.78 is 1.58. The molecule has 2 nitrogen and oxygen atoms in total. The van der Waals surface area contributed by atoms with Gasteiger partial charge in [0.2, 0.25) is 0 Å². The summed E-state index contributed by atoms with van der Waals surface area (Å²) >= 11 is 12.8. The Labute approximate surface area is 122 Å². The monoisotopic (exact) mass is 308 g/mol. The Balaban J connectivity index is 2.46. The first-order chi connectivity index (χ1) is 9.06. The van der Waals surface area contributed by atoms with Gasteiger partial charge in [0.1, 0.15) is 0 Å². The quantitative estimate of drug-likeness (QED) is 0.492. The molecule has 1 aromatic heterocycles. The lowest BCUT2D eigenvalue weighted by Gasteiger charge is -2.02. The normalized spacial score (nSPS) is 11.1. The zero-order chi connectivity index (χ0) is 13.6. The molecule has 1 heterocycles. The molecule has 0 radical (unpaired) electrons. The first kappa shape index (κ1) is 12.6. The van der Waals surface area contributed by atoms with Crippen LogP contribution in [0.1, 0.15) is 10.4 Å². The largest absolute Gasteiger partial charge is 0.289 e. The van der Waals surface area contributed by atoms with Crippen molar-refractivity contribution in [3.63, 3.8) is 0 Å². The van der Waals surface area contributed by atoms with E-state index in [1.54, 1.807) is 36.4 Å². The number of carbonyl (C=O) groups excluding carboxylic acids is 1. The second-order valence-corrected chi connectivity index (χ2v) is 5.92. The molecule has 0 saturated heterocycles. The van der Waals surface area contributed by atoms with Gasteiger partial charge in [0, 0.05) is 30.8 Å². The lowest BCUT2D eigenvalue weighted by molar-refractivity contribution is 0.108. The summed E-state index contributed by atoms with van der Waals surface area (Å²) in [5.41, 5.74) is 0.304. The van der Waals surface area contributed by atoms with Gasteiger partial charge in [0.15, 0.2) is 5.43 Å². The fourth-order valence-electron chi connectivity index (χ4n) is 1.95. The topological polar surface area (TPSA) is 34.1 Å². The Morgan fingerprint density at radius 2 is 1.79 bits per heavy atom. The highest BCUT2D eigenvalue weighted by Gasteiger charge is 2.09. The minimum absolute atomic E-state index is 0.0835. The van der Waals surface area contributed by atoms with Gasteiger partial charge in [-0.15, -0.1) is 11.3 Å². The highest BCUT2D eigenvalue weighted by atomic mass is 35.5. The van der Waals surface area contributed by atoms with Crippen molar-refractivity contribution in [3.8, 4) is 0 Å². The molecule has 0 N–H and O–H groups in total. The summed E-state index contributed by atoms with van der Waals surface area (Å²) in [6, 6.07) is 10.0. The van der Waals surface area contributed by atoms with Crippen LogP contribution in [0.25, 0.3) is 20.2 Å². The van der Waals surface area contributed by atoms with Crippen LogP contribution in [0.4, 0.5) is 0 Å². The fourth-order valence-corrected chi connectivity index (χ4v) is 3.33. The molecule has 19 heavy (non-hydrogen) atoms. The van der Waals surface area contributed by atoms with Gasteiger partial charge in [0.25, 0.3) is 5.24 Å². The van der Waals surface area contributed by atoms with Gasteiger partial charge in [-0.1, -0.05) is 11.6 Å². The molecule has 0 bridgehead atoms. The molecular formula is C14H6Cl2O2S. The molecule has 3 rings (SSSR count). The maximum Gasteiger partial charge on any atom is 0.252 e. The number of carbonyl (C=O) groups is 1. The molecule has 0 amide bonds. The van der Waals surface area contributed by atoms with E-state index in [1.807, 2.05) is 0 Å². The van der Waals surface area contributed by atoms with Crippen LogP contribution in [-0.2, 0) is 0 Å². The fraction of sp³-hybridized carbons (Fsp3) is 0. The Hall–Kier alpha value is -1.42. The molecule has 5 heteroatoms. The van der Waals surface area contributed by atoms with Crippen LogP contribution in [0, 0.1) is 0 Å². The predicted octanol–water partition coefficient (Wildman–Crippen LogP) is 4.45. The van der Waals surface area contributed by atoms with E-state index in [0.717, 1.165) is 9.40 Å². The first-order valence-corrected chi connectivity index (χ1v) is 6.99. The summed E-state index contributed by atoms with van der Waals surface area (Å²) in [5.74, 6) is 0. The van der Waals surface area contributed by atoms with E-state index in [0.29, 0.717) is 21.4 Å². The Kier molecular flexibility index (Phi) is 3.05. The second kappa shape index (κ2) is 4.60. The molecule has 0 fully saturated rings. The number of benzene rings is 2.